The lowest BCUT2D eigenvalue weighted by molar-refractivity contribution is -0.124. The fourth-order valence-electron chi connectivity index (χ4n) is 2.90. The molecule has 1 N–H and O–H groups in total. The van der Waals surface area contributed by atoms with Gasteiger partial charge in [-0.05, 0) is 25.8 Å². The zero-order chi connectivity index (χ0) is 17.1. The number of benzene rings is 1. The number of ether oxygens (including phenoxy) is 1. The van der Waals surface area contributed by atoms with Gasteiger partial charge >= 0.3 is 0 Å². The molecule has 1 aromatic heterocycles. The molecule has 1 aliphatic rings. The molecule has 0 radical (unpaired) electrons. The van der Waals surface area contributed by atoms with Gasteiger partial charge < -0.3 is 10.1 Å². The molecule has 0 saturated carbocycles. The van der Waals surface area contributed by atoms with Crippen molar-refractivity contribution < 1.29 is 14.3 Å². The second-order valence-corrected chi connectivity index (χ2v) is 5.97. The number of ketones is 1. The van der Waals surface area contributed by atoms with E-state index in [9.17, 15) is 9.59 Å². The van der Waals surface area contributed by atoms with Crippen LogP contribution in [0.5, 0.6) is 5.75 Å². The molecule has 2 aromatic rings. The van der Waals surface area contributed by atoms with Gasteiger partial charge in [-0.25, -0.2) is 0 Å². The zero-order valence-electron chi connectivity index (χ0n) is 13.9. The van der Waals surface area contributed by atoms with E-state index in [1.165, 1.54) is 0 Å². The molecule has 24 heavy (non-hydrogen) atoms. The van der Waals surface area contributed by atoms with Crippen LogP contribution in [0.2, 0.25) is 0 Å². The fourth-order valence-corrected chi connectivity index (χ4v) is 2.90. The molecule has 1 aromatic carbocycles. The minimum absolute atomic E-state index is 0.0663. The molecule has 1 unspecified atom stereocenters. The van der Waals surface area contributed by atoms with Gasteiger partial charge in [-0.1, -0.05) is 18.2 Å². The Hall–Kier alpha value is -2.63. The van der Waals surface area contributed by atoms with Gasteiger partial charge in [0.05, 0.1) is 7.11 Å². The number of aryl methyl sites for hydroxylation is 1. The average molecular weight is 327 g/mol. The van der Waals surface area contributed by atoms with Crippen LogP contribution >= 0.6 is 0 Å². The zero-order valence-corrected chi connectivity index (χ0v) is 13.9. The van der Waals surface area contributed by atoms with E-state index in [0.29, 0.717) is 18.7 Å². The number of fused-ring (bicyclic) bond motifs is 1. The number of Topliss-reactive ketones (excluding diaryl/α,β-unsaturated/α-hetero) is 1. The number of methoxy groups -OCH3 is 1. The summed E-state index contributed by atoms with van der Waals surface area (Å²) in [6.07, 6.45) is 4.06. The predicted molar refractivity (Wildman–Crippen MR) is 89.0 cm³/mol. The third-order valence-electron chi connectivity index (χ3n) is 4.34. The topological polar surface area (TPSA) is 73.2 Å². The molecule has 0 saturated heterocycles. The van der Waals surface area contributed by atoms with Gasteiger partial charge in [-0.15, -0.1) is 0 Å². The van der Waals surface area contributed by atoms with E-state index < -0.39 is 6.04 Å². The Labute approximate surface area is 140 Å². The number of hydrogen-bond acceptors (Lipinski definition) is 4. The maximum absolute atomic E-state index is 12.4. The molecule has 1 aliphatic carbocycles. The Morgan fingerprint density at radius 3 is 2.92 bits per heavy atom. The van der Waals surface area contributed by atoms with Gasteiger partial charge in [0.1, 0.15) is 17.5 Å². The van der Waals surface area contributed by atoms with Crippen LogP contribution < -0.4 is 10.1 Å². The highest BCUT2D eigenvalue weighted by atomic mass is 16.5. The summed E-state index contributed by atoms with van der Waals surface area (Å²) in [5, 5.41) is 7.22. The second kappa shape index (κ2) is 6.86. The minimum atomic E-state index is -0.474. The molecule has 0 aliphatic heterocycles. The maximum Gasteiger partial charge on any atom is 0.244 e. The summed E-state index contributed by atoms with van der Waals surface area (Å²) >= 11 is 0. The van der Waals surface area contributed by atoms with Gasteiger partial charge in [0.2, 0.25) is 5.91 Å². The van der Waals surface area contributed by atoms with Crippen LogP contribution in [0.3, 0.4) is 0 Å². The summed E-state index contributed by atoms with van der Waals surface area (Å²) in [5.41, 5.74) is 2.37. The predicted octanol–water partition coefficient (Wildman–Crippen LogP) is 2.29. The minimum Gasteiger partial charge on any atom is -0.496 e. The molecule has 6 nitrogen and oxygen atoms in total. The van der Waals surface area contributed by atoms with Gasteiger partial charge in [0, 0.05) is 30.3 Å². The smallest absolute Gasteiger partial charge is 0.244 e. The molecular formula is C18H21N3O3. The van der Waals surface area contributed by atoms with Crippen LogP contribution in [0.4, 0.5) is 0 Å². The summed E-state index contributed by atoms with van der Waals surface area (Å²) < 4.78 is 6.87. The lowest BCUT2D eigenvalue weighted by Crippen LogP contribution is -2.31. The Balaban J connectivity index is 1.68. The lowest BCUT2D eigenvalue weighted by atomic mass is 9.97. The average Bonchev–Trinajstić information content (AvgIpc) is 3.05. The molecular weight excluding hydrogens is 306 g/mol. The number of nitrogens with one attached hydrogen (secondary N) is 1. The maximum atomic E-state index is 12.4. The van der Waals surface area contributed by atoms with Crippen molar-refractivity contribution >= 4 is 11.7 Å². The summed E-state index contributed by atoms with van der Waals surface area (Å²) in [5.74, 6) is 0.662. The van der Waals surface area contributed by atoms with Crippen LogP contribution in [-0.4, -0.2) is 28.6 Å². The molecule has 126 valence electrons. The van der Waals surface area contributed by atoms with Crippen molar-refractivity contribution in [2.24, 2.45) is 0 Å². The van der Waals surface area contributed by atoms with Crippen molar-refractivity contribution in [3.8, 4) is 5.75 Å². The standard InChI is InChI=1S/C18H21N3O3/c1-12(21-11-14-7-5-8-15(22)17(14)20-21)18(23)19-10-13-6-3-4-9-16(13)24-2/h3-4,6,9,11-12H,5,7-8,10H2,1-2H3,(H,19,23). The molecule has 3 rings (SSSR count). The van der Waals surface area contributed by atoms with Gasteiger partial charge in [-0.3, -0.25) is 14.3 Å². The summed E-state index contributed by atoms with van der Waals surface area (Å²) in [4.78, 5) is 24.3. The van der Waals surface area contributed by atoms with Gasteiger partial charge in [0.15, 0.2) is 5.78 Å². The number of amides is 1. The Morgan fingerprint density at radius 2 is 2.17 bits per heavy atom. The van der Waals surface area contributed by atoms with E-state index in [0.717, 1.165) is 29.7 Å². The Bertz CT molecular complexity index is 767. The lowest BCUT2D eigenvalue weighted by Gasteiger charge is -2.14. The van der Waals surface area contributed by atoms with Crippen LogP contribution in [0.1, 0.15) is 47.4 Å². The van der Waals surface area contributed by atoms with E-state index in [4.69, 9.17) is 4.74 Å². The van der Waals surface area contributed by atoms with E-state index >= 15 is 0 Å². The fraction of sp³-hybridized carbons (Fsp3) is 0.389. The number of aromatic nitrogens is 2. The van der Waals surface area contributed by atoms with Crippen molar-refractivity contribution in [1.29, 1.82) is 0 Å². The van der Waals surface area contributed by atoms with Crippen LogP contribution in [-0.2, 0) is 17.8 Å². The highest BCUT2D eigenvalue weighted by molar-refractivity contribution is 5.96. The molecule has 0 spiro atoms. The number of hydrogen-bond donors (Lipinski definition) is 1. The Morgan fingerprint density at radius 1 is 1.38 bits per heavy atom. The quantitative estimate of drug-likeness (QED) is 0.914. The largest absolute Gasteiger partial charge is 0.496 e. The SMILES string of the molecule is COc1ccccc1CNC(=O)C(C)n1cc2c(n1)C(=O)CCC2. The number of carbonyl (C=O) groups excluding carboxylic acids is 2. The van der Waals surface area contributed by atoms with Crippen LogP contribution in [0.25, 0.3) is 0 Å². The highest BCUT2D eigenvalue weighted by Gasteiger charge is 2.24. The van der Waals surface area contributed by atoms with E-state index in [1.807, 2.05) is 30.5 Å². The van der Waals surface area contributed by atoms with E-state index in [1.54, 1.807) is 18.7 Å². The summed E-state index contributed by atoms with van der Waals surface area (Å²) in [6, 6.07) is 7.09. The molecule has 1 atom stereocenters. The molecule has 6 heteroatoms. The number of nitrogens with zero attached hydrogens (tertiary/aromatic N) is 2. The van der Waals surface area contributed by atoms with Crippen LogP contribution in [0, 0.1) is 0 Å². The first-order valence-electron chi connectivity index (χ1n) is 8.11. The van der Waals surface area contributed by atoms with Gasteiger partial charge in [0.25, 0.3) is 0 Å². The second-order valence-electron chi connectivity index (χ2n) is 5.97. The summed E-state index contributed by atoms with van der Waals surface area (Å²) in [6.45, 7) is 2.16. The van der Waals surface area contributed by atoms with Crippen molar-refractivity contribution in [3.63, 3.8) is 0 Å². The monoisotopic (exact) mass is 327 g/mol. The Kier molecular flexibility index (Phi) is 4.64. The van der Waals surface area contributed by atoms with Crippen molar-refractivity contribution in [2.45, 2.75) is 38.8 Å². The van der Waals surface area contributed by atoms with E-state index in [-0.39, 0.29) is 11.7 Å². The number of para-hydroxylation sites is 1. The normalized spacial score (nSPS) is 14.8. The first kappa shape index (κ1) is 16.2. The third-order valence-corrected chi connectivity index (χ3v) is 4.34. The summed E-state index contributed by atoms with van der Waals surface area (Å²) in [7, 11) is 1.61. The third kappa shape index (κ3) is 3.18. The number of carbonyl (C=O) groups is 2. The molecule has 0 fully saturated rings. The highest BCUT2D eigenvalue weighted by Crippen LogP contribution is 2.22. The first-order valence-corrected chi connectivity index (χ1v) is 8.11. The van der Waals surface area contributed by atoms with Crippen LogP contribution in [0.15, 0.2) is 30.5 Å². The molecule has 1 heterocycles. The van der Waals surface area contributed by atoms with Crippen molar-refractivity contribution in [2.75, 3.05) is 7.11 Å². The molecule has 1 amide bonds. The molecule has 0 bridgehead atoms. The van der Waals surface area contributed by atoms with E-state index in [2.05, 4.69) is 10.4 Å². The van der Waals surface area contributed by atoms with Crippen molar-refractivity contribution in [1.82, 2.24) is 15.1 Å². The van der Waals surface area contributed by atoms with Gasteiger partial charge in [-0.2, -0.15) is 5.10 Å². The first-order chi connectivity index (χ1) is 11.6. The number of rotatable bonds is 5. The van der Waals surface area contributed by atoms with Crippen molar-refractivity contribution in [3.05, 3.63) is 47.3 Å².